The zero-order valence-corrected chi connectivity index (χ0v) is 11.9. The van der Waals surface area contributed by atoms with Crippen molar-refractivity contribution >= 4 is 23.8 Å². The SMILES string of the molecule is C=N/C(=C(\N)c1ccc(N)cc1)c1ccc(C)cc1C. The highest BCUT2D eigenvalue weighted by molar-refractivity contribution is 5.91. The summed E-state index contributed by atoms with van der Waals surface area (Å²) in [4.78, 5) is 4.12. The van der Waals surface area contributed by atoms with Crippen LogP contribution in [0, 0.1) is 13.8 Å². The van der Waals surface area contributed by atoms with Crippen LogP contribution in [0.25, 0.3) is 11.4 Å². The highest BCUT2D eigenvalue weighted by atomic mass is 14.8. The number of nitrogens with two attached hydrogens (primary N) is 2. The summed E-state index contributed by atoms with van der Waals surface area (Å²) in [5, 5.41) is 0. The third-order valence-corrected chi connectivity index (χ3v) is 3.27. The Hall–Kier alpha value is -2.55. The van der Waals surface area contributed by atoms with Gasteiger partial charge in [0.1, 0.15) is 0 Å². The molecule has 102 valence electrons. The van der Waals surface area contributed by atoms with Gasteiger partial charge in [0.2, 0.25) is 0 Å². The van der Waals surface area contributed by atoms with E-state index in [1.807, 2.05) is 43.3 Å². The van der Waals surface area contributed by atoms with Crippen LogP contribution in [0.15, 0.2) is 47.5 Å². The maximum atomic E-state index is 6.24. The lowest BCUT2D eigenvalue weighted by atomic mass is 10.00. The predicted octanol–water partition coefficient (Wildman–Crippen LogP) is 3.37. The van der Waals surface area contributed by atoms with Crippen LogP contribution in [-0.4, -0.2) is 6.72 Å². The molecule has 0 radical (unpaired) electrons. The second-order valence-electron chi connectivity index (χ2n) is 4.86. The van der Waals surface area contributed by atoms with Crippen LogP contribution in [0.4, 0.5) is 5.69 Å². The molecule has 0 spiro atoms. The van der Waals surface area contributed by atoms with Crippen molar-refractivity contribution in [3.8, 4) is 0 Å². The molecule has 0 unspecified atom stereocenters. The fourth-order valence-corrected chi connectivity index (χ4v) is 2.19. The largest absolute Gasteiger partial charge is 0.399 e. The second-order valence-corrected chi connectivity index (χ2v) is 4.86. The first kappa shape index (κ1) is 13.9. The number of nitrogen functional groups attached to an aromatic ring is 1. The lowest BCUT2D eigenvalue weighted by Crippen LogP contribution is -2.02. The predicted molar refractivity (Wildman–Crippen MR) is 87.3 cm³/mol. The van der Waals surface area contributed by atoms with Gasteiger partial charge in [0, 0.05) is 11.3 Å². The Morgan fingerprint density at radius 1 is 1.05 bits per heavy atom. The standard InChI is InChI=1S/C17H19N3/c1-11-4-9-15(12(2)10-11)17(20-3)16(19)13-5-7-14(18)8-6-13/h4-10H,3,18-19H2,1-2H3/b17-16-. The minimum atomic E-state index is 0.604. The van der Waals surface area contributed by atoms with Crippen LogP contribution in [0.1, 0.15) is 22.3 Å². The van der Waals surface area contributed by atoms with E-state index in [4.69, 9.17) is 11.5 Å². The number of aliphatic imine (C=N–C) groups is 1. The molecule has 3 heteroatoms. The monoisotopic (exact) mass is 265 g/mol. The van der Waals surface area contributed by atoms with Gasteiger partial charge in [-0.15, -0.1) is 0 Å². The average Bonchev–Trinajstić information content (AvgIpc) is 2.42. The molecule has 0 saturated carbocycles. The summed E-state index contributed by atoms with van der Waals surface area (Å²) in [6.45, 7) is 7.76. The number of hydrogen-bond acceptors (Lipinski definition) is 3. The van der Waals surface area contributed by atoms with Crippen LogP contribution in [-0.2, 0) is 0 Å². The smallest absolute Gasteiger partial charge is 0.0932 e. The summed E-state index contributed by atoms with van der Waals surface area (Å²) in [5.74, 6) is 0. The number of rotatable bonds is 3. The van der Waals surface area contributed by atoms with Crippen LogP contribution >= 0.6 is 0 Å². The maximum Gasteiger partial charge on any atom is 0.0932 e. The number of hydrogen-bond donors (Lipinski definition) is 2. The Morgan fingerprint density at radius 2 is 1.70 bits per heavy atom. The van der Waals surface area contributed by atoms with E-state index in [-0.39, 0.29) is 0 Å². The minimum absolute atomic E-state index is 0.604. The molecule has 0 heterocycles. The van der Waals surface area contributed by atoms with Crippen molar-refractivity contribution in [3.05, 3.63) is 64.7 Å². The van der Waals surface area contributed by atoms with Gasteiger partial charge in [-0.2, -0.15) is 0 Å². The van der Waals surface area contributed by atoms with E-state index in [9.17, 15) is 0 Å². The van der Waals surface area contributed by atoms with Crippen molar-refractivity contribution in [1.82, 2.24) is 0 Å². The van der Waals surface area contributed by atoms with Crippen molar-refractivity contribution in [3.63, 3.8) is 0 Å². The summed E-state index contributed by atoms with van der Waals surface area (Å²) in [5.41, 5.74) is 18.2. The molecule has 20 heavy (non-hydrogen) atoms. The quantitative estimate of drug-likeness (QED) is 0.507. The zero-order valence-electron chi connectivity index (χ0n) is 11.9. The Bertz CT molecular complexity index is 667. The summed E-state index contributed by atoms with van der Waals surface area (Å²) in [7, 11) is 0. The van der Waals surface area contributed by atoms with E-state index >= 15 is 0 Å². The number of aryl methyl sites for hydroxylation is 2. The van der Waals surface area contributed by atoms with E-state index in [1.165, 1.54) is 5.56 Å². The van der Waals surface area contributed by atoms with Gasteiger partial charge in [0.15, 0.2) is 0 Å². The normalized spacial score (nSPS) is 11.9. The van der Waals surface area contributed by atoms with E-state index < -0.39 is 0 Å². The van der Waals surface area contributed by atoms with Crippen LogP contribution in [0.2, 0.25) is 0 Å². The zero-order chi connectivity index (χ0) is 14.7. The Balaban J connectivity index is 2.57. The first-order valence-electron chi connectivity index (χ1n) is 6.43. The van der Waals surface area contributed by atoms with Gasteiger partial charge in [0.25, 0.3) is 0 Å². The first-order chi connectivity index (χ1) is 9.52. The molecular formula is C17H19N3. The second kappa shape index (κ2) is 5.61. The van der Waals surface area contributed by atoms with E-state index in [0.29, 0.717) is 17.1 Å². The molecule has 0 atom stereocenters. The Labute approximate surface area is 119 Å². The van der Waals surface area contributed by atoms with Gasteiger partial charge in [-0.05, 0) is 43.8 Å². The van der Waals surface area contributed by atoms with Crippen molar-refractivity contribution in [2.75, 3.05) is 5.73 Å². The molecule has 4 N–H and O–H groups in total. The summed E-state index contributed by atoms with van der Waals surface area (Å²) in [6, 6.07) is 13.6. The molecule has 0 aliphatic carbocycles. The molecule has 2 rings (SSSR count). The molecule has 2 aromatic carbocycles. The van der Waals surface area contributed by atoms with Gasteiger partial charge >= 0.3 is 0 Å². The number of anilines is 1. The van der Waals surface area contributed by atoms with Gasteiger partial charge < -0.3 is 11.5 Å². The molecule has 0 aromatic heterocycles. The maximum absolute atomic E-state index is 6.24. The molecule has 0 aliphatic heterocycles. The lowest BCUT2D eigenvalue weighted by Gasteiger charge is -2.11. The summed E-state index contributed by atoms with van der Waals surface area (Å²) < 4.78 is 0. The average molecular weight is 265 g/mol. The minimum Gasteiger partial charge on any atom is -0.399 e. The van der Waals surface area contributed by atoms with E-state index in [1.54, 1.807) is 0 Å². The van der Waals surface area contributed by atoms with Crippen LogP contribution in [0.5, 0.6) is 0 Å². The Kier molecular flexibility index (Phi) is 3.89. The van der Waals surface area contributed by atoms with Crippen molar-refractivity contribution in [1.29, 1.82) is 0 Å². The van der Waals surface area contributed by atoms with Crippen LogP contribution in [0.3, 0.4) is 0 Å². The van der Waals surface area contributed by atoms with Crippen molar-refractivity contribution in [2.45, 2.75) is 13.8 Å². The molecule has 2 aromatic rings. The molecule has 0 bridgehead atoms. The third-order valence-electron chi connectivity index (χ3n) is 3.27. The number of nitrogens with zero attached hydrogens (tertiary/aromatic N) is 1. The van der Waals surface area contributed by atoms with E-state index in [0.717, 1.165) is 16.7 Å². The lowest BCUT2D eigenvalue weighted by molar-refractivity contribution is 1.33. The topological polar surface area (TPSA) is 64.4 Å². The molecular weight excluding hydrogens is 246 g/mol. The summed E-state index contributed by atoms with van der Waals surface area (Å²) >= 11 is 0. The number of benzene rings is 2. The van der Waals surface area contributed by atoms with E-state index in [2.05, 4.69) is 24.7 Å². The van der Waals surface area contributed by atoms with Gasteiger partial charge in [-0.3, -0.25) is 4.99 Å². The van der Waals surface area contributed by atoms with Gasteiger partial charge in [-0.1, -0.05) is 35.9 Å². The van der Waals surface area contributed by atoms with Crippen molar-refractivity contribution in [2.24, 2.45) is 10.7 Å². The Morgan fingerprint density at radius 3 is 2.25 bits per heavy atom. The fourth-order valence-electron chi connectivity index (χ4n) is 2.19. The highest BCUT2D eigenvalue weighted by Gasteiger charge is 2.10. The summed E-state index contributed by atoms with van der Waals surface area (Å²) in [6.07, 6.45) is 0. The fraction of sp³-hybridized carbons (Fsp3) is 0.118. The van der Waals surface area contributed by atoms with Crippen LogP contribution < -0.4 is 11.5 Å². The van der Waals surface area contributed by atoms with Gasteiger partial charge in [0.05, 0.1) is 11.4 Å². The molecule has 3 nitrogen and oxygen atoms in total. The van der Waals surface area contributed by atoms with Crippen molar-refractivity contribution < 1.29 is 0 Å². The molecule has 0 aliphatic rings. The van der Waals surface area contributed by atoms with Gasteiger partial charge in [-0.25, -0.2) is 0 Å². The molecule has 0 fully saturated rings. The highest BCUT2D eigenvalue weighted by Crippen LogP contribution is 2.27. The third kappa shape index (κ3) is 2.72. The molecule has 0 saturated heterocycles. The molecule has 0 amide bonds. The first-order valence-corrected chi connectivity index (χ1v) is 6.43.